The van der Waals surface area contributed by atoms with Crippen LogP contribution in [-0.2, 0) is 0 Å². The normalized spacial score (nSPS) is 9.00. The molecule has 0 unspecified atom stereocenters. The van der Waals surface area contributed by atoms with Crippen LogP contribution < -0.4 is 0 Å². The van der Waals surface area contributed by atoms with Gasteiger partial charge in [-0.1, -0.05) is 54.1 Å². The van der Waals surface area contributed by atoms with Crippen LogP contribution in [0.2, 0.25) is 0 Å². The lowest BCUT2D eigenvalue weighted by atomic mass is 10.2. The van der Waals surface area contributed by atoms with E-state index in [9.17, 15) is 4.39 Å². The third-order valence-corrected chi connectivity index (χ3v) is 3.60. The zero-order valence-corrected chi connectivity index (χ0v) is 17.5. The van der Waals surface area contributed by atoms with Gasteiger partial charge < -0.3 is 20.4 Å². The number of rotatable bonds is 0. The lowest BCUT2D eigenvalue weighted by molar-refractivity contribution is 0.469. The van der Waals surface area contributed by atoms with E-state index in [1.165, 1.54) is 23.8 Å². The van der Waals surface area contributed by atoms with Crippen molar-refractivity contribution < 1.29 is 24.8 Å². The highest BCUT2D eigenvalue weighted by molar-refractivity contribution is 5.26. The highest BCUT2D eigenvalue weighted by atomic mass is 19.1. The molecule has 0 spiro atoms. The maximum atomic E-state index is 12.0. The Hall–Kier alpha value is -3.99. The van der Waals surface area contributed by atoms with Gasteiger partial charge in [-0.3, -0.25) is 0 Å². The summed E-state index contributed by atoms with van der Waals surface area (Å²) >= 11 is 0. The number of para-hydroxylation sites is 1. The van der Waals surface area contributed by atoms with E-state index in [2.05, 4.69) is 0 Å². The minimum absolute atomic E-state index is 0.0370. The van der Waals surface area contributed by atoms with E-state index in [1.807, 2.05) is 44.2 Å². The van der Waals surface area contributed by atoms with Crippen molar-refractivity contribution in [3.63, 3.8) is 0 Å². The van der Waals surface area contributed by atoms with E-state index in [-0.39, 0.29) is 5.75 Å². The van der Waals surface area contributed by atoms with E-state index >= 15 is 0 Å². The van der Waals surface area contributed by atoms with Crippen LogP contribution in [0.1, 0.15) is 11.1 Å². The molecule has 0 aliphatic heterocycles. The average molecular weight is 422 g/mol. The first-order valence-corrected chi connectivity index (χ1v) is 9.46. The number of halogens is 1. The zero-order chi connectivity index (χ0) is 23.1. The molecule has 4 aromatic carbocycles. The number of hydrogen-bond acceptors (Lipinski definition) is 4. The summed E-state index contributed by atoms with van der Waals surface area (Å²) in [5.41, 5.74) is 2.26. The monoisotopic (exact) mass is 422 g/mol. The maximum absolute atomic E-state index is 12.0. The number of phenols is 4. The van der Waals surface area contributed by atoms with Crippen molar-refractivity contribution in [3.8, 4) is 23.0 Å². The third kappa shape index (κ3) is 13.0. The number of aromatic hydroxyl groups is 4. The molecule has 4 N–H and O–H groups in total. The molecule has 31 heavy (non-hydrogen) atoms. The van der Waals surface area contributed by atoms with Crippen molar-refractivity contribution in [1.29, 1.82) is 0 Å². The molecule has 4 rings (SSSR count). The van der Waals surface area contributed by atoms with Crippen molar-refractivity contribution in [2.45, 2.75) is 13.8 Å². The summed E-state index contributed by atoms with van der Waals surface area (Å²) in [5, 5.41) is 34.8. The van der Waals surface area contributed by atoms with E-state index in [4.69, 9.17) is 20.4 Å². The Labute approximate surface area is 182 Å². The Morgan fingerprint density at radius 1 is 0.452 bits per heavy atom. The molecule has 4 nitrogen and oxygen atoms in total. The van der Waals surface area contributed by atoms with E-state index < -0.39 is 5.82 Å². The van der Waals surface area contributed by atoms with Crippen molar-refractivity contribution >= 4 is 0 Å². The minimum Gasteiger partial charge on any atom is -0.508 e. The Kier molecular flexibility index (Phi) is 11.4. The molecule has 0 amide bonds. The quantitative estimate of drug-likeness (QED) is 0.267. The fraction of sp³-hybridized carbons (Fsp3) is 0.0769. The smallest absolute Gasteiger partial charge is 0.126 e. The molecule has 4 aromatic rings. The summed E-state index contributed by atoms with van der Waals surface area (Å²) in [7, 11) is 0. The van der Waals surface area contributed by atoms with Crippen LogP contribution in [0.25, 0.3) is 0 Å². The van der Waals surface area contributed by atoms with Gasteiger partial charge in [0.15, 0.2) is 0 Å². The Morgan fingerprint density at radius 2 is 0.935 bits per heavy atom. The standard InChI is InChI=1S/2C7H8O.C6H5FO.C6H6O/c1-6-2-4-7(8)5-3-6;1-6-3-2-4-7(8)5-6;7-5-2-1-3-6(8)4-5;7-6-4-2-1-3-5-6/h2*2-5,8H,1H3;1-4,8H;1-5,7H. The summed E-state index contributed by atoms with van der Waals surface area (Å²) in [6, 6.07) is 28.2. The van der Waals surface area contributed by atoms with Crippen molar-refractivity contribution in [2.24, 2.45) is 0 Å². The lowest BCUT2D eigenvalue weighted by Crippen LogP contribution is -1.68. The number of hydrogen-bond donors (Lipinski definition) is 4. The topological polar surface area (TPSA) is 80.9 Å². The van der Waals surface area contributed by atoms with Crippen LogP contribution in [-0.4, -0.2) is 20.4 Å². The second-order valence-corrected chi connectivity index (χ2v) is 6.49. The molecular weight excluding hydrogens is 395 g/mol. The molecule has 162 valence electrons. The van der Waals surface area contributed by atoms with E-state index in [1.54, 1.807) is 48.5 Å². The van der Waals surface area contributed by atoms with Crippen LogP contribution in [0, 0.1) is 19.7 Å². The fourth-order valence-electron chi connectivity index (χ4n) is 2.08. The first-order valence-electron chi connectivity index (χ1n) is 9.46. The number of phenolic OH excluding ortho intramolecular Hbond substituents is 4. The Balaban J connectivity index is 0.000000207. The Morgan fingerprint density at radius 3 is 1.26 bits per heavy atom. The molecule has 5 heteroatoms. The summed E-state index contributed by atoms with van der Waals surface area (Å²) in [6.45, 7) is 3.93. The summed E-state index contributed by atoms with van der Waals surface area (Å²) in [5.74, 6) is 0.540. The minimum atomic E-state index is -0.412. The molecule has 0 saturated heterocycles. The van der Waals surface area contributed by atoms with Crippen LogP contribution in [0.4, 0.5) is 4.39 Å². The van der Waals surface area contributed by atoms with Crippen LogP contribution >= 0.6 is 0 Å². The maximum Gasteiger partial charge on any atom is 0.126 e. The molecule has 0 fully saturated rings. The van der Waals surface area contributed by atoms with Crippen molar-refractivity contribution in [2.75, 3.05) is 0 Å². The van der Waals surface area contributed by atoms with Gasteiger partial charge in [-0.05, 0) is 67.9 Å². The summed E-state index contributed by atoms with van der Waals surface area (Å²) in [4.78, 5) is 0. The molecule has 0 radical (unpaired) electrons. The molecule has 0 heterocycles. The predicted molar refractivity (Wildman–Crippen MR) is 122 cm³/mol. The SMILES string of the molecule is Cc1ccc(O)cc1.Cc1cccc(O)c1.Oc1cccc(F)c1.Oc1ccccc1. The predicted octanol–water partition coefficient (Wildman–Crippen LogP) is 6.32. The average Bonchev–Trinajstić information content (AvgIpc) is 2.72. The molecule has 0 saturated carbocycles. The van der Waals surface area contributed by atoms with E-state index in [0.29, 0.717) is 17.2 Å². The summed E-state index contributed by atoms with van der Waals surface area (Å²) < 4.78 is 12.0. The largest absolute Gasteiger partial charge is 0.508 e. The first-order chi connectivity index (χ1) is 14.8. The second-order valence-electron chi connectivity index (χ2n) is 6.49. The zero-order valence-electron chi connectivity index (χ0n) is 17.5. The highest BCUT2D eigenvalue weighted by Crippen LogP contribution is 2.09. The second kappa shape index (κ2) is 14.1. The van der Waals surface area contributed by atoms with Gasteiger partial charge in [0, 0.05) is 6.07 Å². The highest BCUT2D eigenvalue weighted by Gasteiger charge is 1.87. The van der Waals surface area contributed by atoms with Gasteiger partial charge in [0.25, 0.3) is 0 Å². The number of aryl methyl sites for hydroxylation is 2. The van der Waals surface area contributed by atoms with Gasteiger partial charge in [0.1, 0.15) is 28.8 Å². The van der Waals surface area contributed by atoms with Crippen LogP contribution in [0.15, 0.2) is 103 Å². The molecule has 0 aromatic heterocycles. The van der Waals surface area contributed by atoms with Gasteiger partial charge in [-0.2, -0.15) is 0 Å². The van der Waals surface area contributed by atoms with Gasteiger partial charge in [0.05, 0.1) is 0 Å². The molecule has 0 atom stereocenters. The van der Waals surface area contributed by atoms with Gasteiger partial charge in [-0.15, -0.1) is 0 Å². The molecule has 0 aliphatic carbocycles. The van der Waals surface area contributed by atoms with Gasteiger partial charge >= 0.3 is 0 Å². The fourth-order valence-corrected chi connectivity index (χ4v) is 2.08. The molecule has 0 aliphatic rings. The van der Waals surface area contributed by atoms with Crippen LogP contribution in [0.5, 0.6) is 23.0 Å². The Bertz CT molecular complexity index is 904. The summed E-state index contributed by atoms with van der Waals surface area (Å²) in [6.07, 6.45) is 0. The number of benzene rings is 4. The van der Waals surface area contributed by atoms with Crippen LogP contribution in [0.3, 0.4) is 0 Å². The van der Waals surface area contributed by atoms with Crippen molar-refractivity contribution in [3.05, 3.63) is 120 Å². The lowest BCUT2D eigenvalue weighted by Gasteiger charge is -1.89. The van der Waals surface area contributed by atoms with Gasteiger partial charge in [0.2, 0.25) is 0 Å². The van der Waals surface area contributed by atoms with Gasteiger partial charge in [-0.25, -0.2) is 4.39 Å². The van der Waals surface area contributed by atoms with Crippen molar-refractivity contribution in [1.82, 2.24) is 0 Å². The van der Waals surface area contributed by atoms with E-state index in [0.717, 1.165) is 11.6 Å². The molecular formula is C26H27FO4. The first kappa shape index (κ1) is 25.0. The molecule has 0 bridgehead atoms. The third-order valence-electron chi connectivity index (χ3n) is 3.60.